The van der Waals surface area contributed by atoms with Gasteiger partial charge in [0.15, 0.2) is 0 Å². The first-order valence-corrected chi connectivity index (χ1v) is 6.25. The maximum Gasteiger partial charge on any atom is -0.0155 e. The van der Waals surface area contributed by atoms with Crippen LogP contribution in [0.2, 0.25) is 0 Å². The molecule has 0 N–H and O–H groups in total. The van der Waals surface area contributed by atoms with Crippen molar-refractivity contribution in [2.45, 2.75) is 33.6 Å². The molecule has 2 rings (SSSR count). The molecule has 2 aromatic carbocycles. The maximum absolute atomic E-state index is 2.31. The third-order valence-corrected chi connectivity index (χ3v) is 3.28. The average molecular weight is 224 g/mol. The Morgan fingerprint density at radius 2 is 1.47 bits per heavy atom. The molecule has 0 heterocycles. The Bertz CT molecular complexity index is 504. The molecule has 0 saturated heterocycles. The van der Waals surface area contributed by atoms with Crippen molar-refractivity contribution >= 4 is 0 Å². The first-order valence-electron chi connectivity index (χ1n) is 6.25. The minimum absolute atomic E-state index is 0.598. The zero-order valence-corrected chi connectivity index (χ0v) is 11.1. The second-order valence-corrected chi connectivity index (χ2v) is 5.10. The first-order chi connectivity index (χ1) is 8.08. The van der Waals surface area contributed by atoms with Crippen LogP contribution in [0.5, 0.6) is 0 Å². The van der Waals surface area contributed by atoms with Crippen LogP contribution in [-0.2, 0) is 0 Å². The quantitative estimate of drug-likeness (QED) is 0.666. The first kappa shape index (κ1) is 11.9. The summed E-state index contributed by atoms with van der Waals surface area (Å²) in [6.45, 7) is 8.79. The fourth-order valence-electron chi connectivity index (χ4n) is 2.10. The van der Waals surface area contributed by atoms with Gasteiger partial charge in [-0.2, -0.15) is 0 Å². The van der Waals surface area contributed by atoms with Crippen molar-refractivity contribution in [3.8, 4) is 11.1 Å². The van der Waals surface area contributed by atoms with Gasteiger partial charge < -0.3 is 0 Å². The third kappa shape index (κ3) is 2.58. The molecule has 0 saturated carbocycles. The zero-order valence-electron chi connectivity index (χ0n) is 11.1. The molecule has 0 nitrogen and oxygen atoms in total. The Hall–Kier alpha value is -1.56. The number of hydrogen-bond acceptors (Lipinski definition) is 0. The highest BCUT2D eigenvalue weighted by Crippen LogP contribution is 2.26. The molecule has 0 aliphatic rings. The lowest BCUT2D eigenvalue weighted by Crippen LogP contribution is -1.90. The molecular formula is C17H20. The van der Waals surface area contributed by atoms with Gasteiger partial charge in [-0.3, -0.25) is 0 Å². The Morgan fingerprint density at radius 1 is 0.824 bits per heavy atom. The van der Waals surface area contributed by atoms with E-state index in [0.717, 1.165) is 0 Å². The maximum atomic E-state index is 2.31. The molecule has 88 valence electrons. The Morgan fingerprint density at radius 3 is 2.00 bits per heavy atom. The van der Waals surface area contributed by atoms with Gasteiger partial charge >= 0.3 is 0 Å². The molecular weight excluding hydrogens is 204 g/mol. The van der Waals surface area contributed by atoms with Crippen LogP contribution >= 0.6 is 0 Å². The lowest BCUT2D eigenvalue weighted by atomic mass is 9.94. The third-order valence-electron chi connectivity index (χ3n) is 3.28. The number of aryl methyl sites for hydroxylation is 2. The second-order valence-electron chi connectivity index (χ2n) is 5.10. The normalized spacial score (nSPS) is 10.9. The topological polar surface area (TPSA) is 0 Å². The van der Waals surface area contributed by atoms with Gasteiger partial charge in [-0.25, -0.2) is 0 Å². The van der Waals surface area contributed by atoms with E-state index in [0.29, 0.717) is 5.92 Å². The predicted octanol–water partition coefficient (Wildman–Crippen LogP) is 5.09. The van der Waals surface area contributed by atoms with E-state index in [1.165, 1.54) is 27.8 Å². The molecule has 0 unspecified atom stereocenters. The fraction of sp³-hybridized carbons (Fsp3) is 0.294. The summed E-state index contributed by atoms with van der Waals surface area (Å²) in [5.41, 5.74) is 6.74. The van der Waals surface area contributed by atoms with Crippen molar-refractivity contribution in [3.63, 3.8) is 0 Å². The fourth-order valence-corrected chi connectivity index (χ4v) is 2.10. The molecule has 0 aliphatic carbocycles. The lowest BCUT2D eigenvalue weighted by molar-refractivity contribution is 0.865. The van der Waals surface area contributed by atoms with E-state index >= 15 is 0 Å². The molecule has 0 heteroatoms. The van der Waals surface area contributed by atoms with Crippen LogP contribution in [0.4, 0.5) is 0 Å². The molecule has 2 aromatic rings. The summed E-state index contributed by atoms with van der Waals surface area (Å²) in [6.07, 6.45) is 0. The van der Waals surface area contributed by atoms with Crippen molar-refractivity contribution in [1.82, 2.24) is 0 Å². The predicted molar refractivity (Wildman–Crippen MR) is 75.4 cm³/mol. The van der Waals surface area contributed by atoms with Crippen LogP contribution in [0.3, 0.4) is 0 Å². The molecule has 0 aliphatic heterocycles. The highest BCUT2D eigenvalue weighted by Gasteiger charge is 2.04. The Labute approximate surface area is 104 Å². The molecule has 0 atom stereocenters. The van der Waals surface area contributed by atoms with Gasteiger partial charge in [0.2, 0.25) is 0 Å². The van der Waals surface area contributed by atoms with E-state index in [1.807, 2.05) is 0 Å². The van der Waals surface area contributed by atoms with Gasteiger partial charge in [-0.15, -0.1) is 0 Å². The summed E-state index contributed by atoms with van der Waals surface area (Å²) in [5.74, 6) is 0.598. The summed E-state index contributed by atoms with van der Waals surface area (Å²) in [5, 5.41) is 0. The zero-order chi connectivity index (χ0) is 12.4. The van der Waals surface area contributed by atoms with Crippen LogP contribution in [0.1, 0.15) is 36.5 Å². The van der Waals surface area contributed by atoms with Crippen molar-refractivity contribution in [2.75, 3.05) is 0 Å². The van der Waals surface area contributed by atoms with E-state index < -0.39 is 0 Å². The average Bonchev–Trinajstić information content (AvgIpc) is 2.30. The van der Waals surface area contributed by atoms with Gasteiger partial charge in [0.05, 0.1) is 0 Å². The van der Waals surface area contributed by atoms with Crippen LogP contribution in [-0.4, -0.2) is 0 Å². The highest BCUT2D eigenvalue weighted by atomic mass is 14.1. The van der Waals surface area contributed by atoms with E-state index in [2.05, 4.69) is 70.2 Å². The van der Waals surface area contributed by atoms with Crippen LogP contribution in [0.25, 0.3) is 11.1 Å². The summed E-state index contributed by atoms with van der Waals surface area (Å²) in [6, 6.07) is 15.5. The van der Waals surface area contributed by atoms with Crippen LogP contribution < -0.4 is 0 Å². The number of benzene rings is 2. The lowest BCUT2D eigenvalue weighted by Gasteiger charge is -2.11. The van der Waals surface area contributed by atoms with Gasteiger partial charge in [0.1, 0.15) is 0 Å². The second kappa shape index (κ2) is 4.75. The summed E-state index contributed by atoms with van der Waals surface area (Å²) in [7, 11) is 0. The van der Waals surface area contributed by atoms with E-state index in [1.54, 1.807) is 0 Å². The van der Waals surface area contributed by atoms with E-state index in [-0.39, 0.29) is 0 Å². The Balaban J connectivity index is 2.43. The summed E-state index contributed by atoms with van der Waals surface area (Å²) >= 11 is 0. The van der Waals surface area contributed by atoms with Crippen LogP contribution in [0, 0.1) is 13.8 Å². The minimum Gasteiger partial charge on any atom is -0.0587 e. The van der Waals surface area contributed by atoms with Crippen LogP contribution in [0.15, 0.2) is 42.5 Å². The Kier molecular flexibility index (Phi) is 3.33. The largest absolute Gasteiger partial charge is 0.0587 e. The van der Waals surface area contributed by atoms with Crippen molar-refractivity contribution in [1.29, 1.82) is 0 Å². The molecule has 0 amide bonds. The minimum atomic E-state index is 0.598. The summed E-state index contributed by atoms with van der Waals surface area (Å²) < 4.78 is 0. The summed E-state index contributed by atoms with van der Waals surface area (Å²) in [4.78, 5) is 0. The van der Waals surface area contributed by atoms with Gasteiger partial charge in [-0.05, 0) is 42.0 Å². The van der Waals surface area contributed by atoms with Gasteiger partial charge in [0.25, 0.3) is 0 Å². The smallest absolute Gasteiger partial charge is 0.0155 e. The van der Waals surface area contributed by atoms with Crippen molar-refractivity contribution < 1.29 is 0 Å². The molecule has 0 spiro atoms. The standard InChI is InChI=1S/C17H20/c1-12(2)16-9-10-17(14(4)11-16)15-7-5-13(3)6-8-15/h5-12H,1-4H3. The number of rotatable bonds is 2. The van der Waals surface area contributed by atoms with Gasteiger partial charge in [-0.1, -0.05) is 61.9 Å². The monoisotopic (exact) mass is 224 g/mol. The SMILES string of the molecule is Cc1ccc(-c2ccc(C(C)C)cc2C)cc1. The van der Waals surface area contributed by atoms with Crippen molar-refractivity contribution in [2.24, 2.45) is 0 Å². The number of hydrogen-bond donors (Lipinski definition) is 0. The molecule has 0 aromatic heterocycles. The van der Waals surface area contributed by atoms with Crippen molar-refractivity contribution in [3.05, 3.63) is 59.2 Å². The molecule has 0 fully saturated rings. The van der Waals surface area contributed by atoms with E-state index in [9.17, 15) is 0 Å². The van der Waals surface area contributed by atoms with E-state index in [4.69, 9.17) is 0 Å². The molecule has 0 radical (unpaired) electrons. The highest BCUT2D eigenvalue weighted by molar-refractivity contribution is 5.67. The van der Waals surface area contributed by atoms with Gasteiger partial charge in [0, 0.05) is 0 Å². The molecule has 0 bridgehead atoms. The molecule has 17 heavy (non-hydrogen) atoms.